The number of halogens is 2. The first-order valence-electron chi connectivity index (χ1n) is 12.8. The number of rotatable bonds is 8. The Balaban J connectivity index is 1.38. The quantitative estimate of drug-likeness (QED) is 0.0799. The number of carbonyl (C=O) groups excluding carboxylic acids is 2. The summed E-state index contributed by atoms with van der Waals surface area (Å²) >= 11 is 9.91. The summed E-state index contributed by atoms with van der Waals surface area (Å²) in [6.45, 7) is 0. The molecule has 0 aliphatic rings. The fourth-order valence-electron chi connectivity index (χ4n) is 4.39. The van der Waals surface area contributed by atoms with Crippen molar-refractivity contribution in [1.82, 2.24) is 10.4 Å². The van der Waals surface area contributed by atoms with Crippen molar-refractivity contribution in [2.45, 2.75) is 0 Å². The Labute approximate surface area is 256 Å². The first-order valence-corrected chi connectivity index (χ1v) is 14.0. The molecule has 42 heavy (non-hydrogen) atoms. The molecule has 5 aromatic rings. The molecule has 0 aliphatic carbocycles. The zero-order valence-corrected chi connectivity index (χ0v) is 25.3. The lowest BCUT2D eigenvalue weighted by Crippen LogP contribution is -2.19. The number of hydrogen-bond donors (Lipinski definition) is 2. The van der Waals surface area contributed by atoms with E-state index < -0.39 is 11.9 Å². The second-order valence-electron chi connectivity index (χ2n) is 9.48. The van der Waals surface area contributed by atoms with Crippen molar-refractivity contribution in [2.24, 2.45) is 5.10 Å². The van der Waals surface area contributed by atoms with Crippen LogP contribution in [0.4, 0.5) is 5.69 Å². The first-order chi connectivity index (χ1) is 20.2. The maximum Gasteiger partial charge on any atom is 0.343 e. The van der Waals surface area contributed by atoms with Crippen LogP contribution in [0.2, 0.25) is 5.02 Å². The molecule has 1 aromatic heterocycles. The number of fused-ring (bicyclic) bond motifs is 1. The molecule has 0 fully saturated rings. The van der Waals surface area contributed by atoms with Crippen molar-refractivity contribution >= 4 is 62.2 Å². The van der Waals surface area contributed by atoms with Gasteiger partial charge in [0.25, 0.3) is 5.91 Å². The predicted molar refractivity (Wildman–Crippen MR) is 170 cm³/mol. The van der Waals surface area contributed by atoms with Crippen LogP contribution in [0.1, 0.15) is 26.4 Å². The number of aromatic amines is 1. The summed E-state index contributed by atoms with van der Waals surface area (Å²) in [5, 5.41) is 5.55. The van der Waals surface area contributed by atoms with Gasteiger partial charge in [0, 0.05) is 51.3 Å². The summed E-state index contributed by atoms with van der Waals surface area (Å²) in [6, 6.07) is 25.1. The Morgan fingerprint density at radius 1 is 0.976 bits per heavy atom. The Hall–Kier alpha value is -4.60. The number of nitrogens with one attached hydrogen (secondary N) is 2. The van der Waals surface area contributed by atoms with Crippen molar-refractivity contribution in [1.29, 1.82) is 0 Å². The summed E-state index contributed by atoms with van der Waals surface area (Å²) in [5.41, 5.74) is 7.15. The second kappa shape index (κ2) is 12.5. The van der Waals surface area contributed by atoms with Crippen LogP contribution < -0.4 is 19.8 Å². The highest BCUT2D eigenvalue weighted by Gasteiger charge is 2.21. The molecule has 0 saturated carbocycles. The van der Waals surface area contributed by atoms with Gasteiger partial charge in [-0.3, -0.25) is 4.79 Å². The van der Waals surface area contributed by atoms with Crippen molar-refractivity contribution in [3.05, 3.63) is 111 Å². The number of hydrogen-bond acceptors (Lipinski definition) is 6. The predicted octanol–water partition coefficient (Wildman–Crippen LogP) is 7.31. The maximum absolute atomic E-state index is 13.4. The third-order valence-electron chi connectivity index (χ3n) is 6.52. The number of amides is 1. The molecule has 0 atom stereocenters. The number of carbonyl (C=O) groups is 2. The van der Waals surface area contributed by atoms with E-state index in [1.165, 1.54) is 13.3 Å². The number of benzene rings is 4. The largest absolute Gasteiger partial charge is 0.493 e. The van der Waals surface area contributed by atoms with Gasteiger partial charge in [-0.2, -0.15) is 5.10 Å². The lowest BCUT2D eigenvalue weighted by atomic mass is 10.0. The van der Waals surface area contributed by atoms with Crippen molar-refractivity contribution < 1.29 is 19.1 Å². The Bertz CT molecular complexity index is 1820. The number of ether oxygens (including phenoxy) is 2. The number of aromatic nitrogens is 1. The van der Waals surface area contributed by atoms with E-state index in [1.807, 2.05) is 55.4 Å². The van der Waals surface area contributed by atoms with E-state index in [4.69, 9.17) is 21.1 Å². The zero-order chi connectivity index (χ0) is 29.8. The molecular weight excluding hydrogens is 620 g/mol. The average molecular weight is 646 g/mol. The van der Waals surface area contributed by atoms with E-state index in [0.717, 1.165) is 26.6 Å². The Morgan fingerprint density at radius 3 is 2.45 bits per heavy atom. The van der Waals surface area contributed by atoms with Gasteiger partial charge in [-0.15, -0.1) is 0 Å². The molecule has 0 spiro atoms. The fourth-order valence-corrected chi connectivity index (χ4v) is 4.88. The van der Waals surface area contributed by atoms with Crippen LogP contribution in [0.5, 0.6) is 11.5 Å². The molecule has 0 bridgehead atoms. The van der Waals surface area contributed by atoms with Crippen LogP contribution in [0.3, 0.4) is 0 Å². The maximum atomic E-state index is 13.4. The van der Waals surface area contributed by atoms with Crippen LogP contribution in [-0.2, 0) is 0 Å². The van der Waals surface area contributed by atoms with Crippen molar-refractivity contribution in [2.75, 3.05) is 26.1 Å². The molecule has 8 nitrogen and oxygen atoms in total. The van der Waals surface area contributed by atoms with E-state index in [-0.39, 0.29) is 5.75 Å². The van der Waals surface area contributed by atoms with Gasteiger partial charge in [0.2, 0.25) is 0 Å². The number of methoxy groups -OCH3 is 1. The summed E-state index contributed by atoms with van der Waals surface area (Å²) < 4.78 is 11.8. The lowest BCUT2D eigenvalue weighted by molar-refractivity contribution is 0.0729. The van der Waals surface area contributed by atoms with Crippen molar-refractivity contribution in [3.8, 4) is 22.6 Å². The molecule has 1 amide bonds. The molecule has 1 heterocycles. The van der Waals surface area contributed by atoms with Gasteiger partial charge in [0.05, 0.1) is 18.9 Å². The van der Waals surface area contributed by atoms with Gasteiger partial charge < -0.3 is 19.4 Å². The Kier molecular flexibility index (Phi) is 8.61. The topological polar surface area (TPSA) is 96.0 Å². The molecule has 10 heteroatoms. The monoisotopic (exact) mass is 644 g/mol. The van der Waals surface area contributed by atoms with E-state index >= 15 is 0 Å². The molecule has 212 valence electrons. The number of nitrogens with zero attached hydrogens (tertiary/aromatic N) is 2. The molecule has 0 radical (unpaired) electrons. The van der Waals surface area contributed by atoms with E-state index in [0.29, 0.717) is 33.2 Å². The zero-order valence-electron chi connectivity index (χ0n) is 22.9. The molecule has 0 saturated heterocycles. The number of H-pyrrole nitrogens is 1. The average Bonchev–Trinajstić information content (AvgIpc) is 3.37. The minimum absolute atomic E-state index is 0.256. The number of esters is 1. The fraction of sp³-hybridized carbons (Fsp3) is 0.0938. The van der Waals surface area contributed by atoms with Gasteiger partial charge in [-0.05, 0) is 72.3 Å². The van der Waals surface area contributed by atoms with Gasteiger partial charge in [-0.25, -0.2) is 10.2 Å². The van der Waals surface area contributed by atoms with E-state index in [1.54, 1.807) is 48.5 Å². The summed E-state index contributed by atoms with van der Waals surface area (Å²) in [4.78, 5) is 31.2. The highest BCUT2D eigenvalue weighted by Crippen LogP contribution is 2.38. The van der Waals surface area contributed by atoms with E-state index in [2.05, 4.69) is 31.4 Å². The molecular formula is C32H26BrClN4O4. The van der Waals surface area contributed by atoms with Gasteiger partial charge >= 0.3 is 5.97 Å². The van der Waals surface area contributed by atoms with Crippen LogP contribution in [0.25, 0.3) is 22.0 Å². The molecule has 2 N–H and O–H groups in total. The third-order valence-corrected chi connectivity index (χ3v) is 7.38. The second-order valence-corrected chi connectivity index (χ2v) is 10.8. The summed E-state index contributed by atoms with van der Waals surface area (Å²) in [6.07, 6.45) is 1.47. The minimum atomic E-state index is -0.514. The van der Waals surface area contributed by atoms with Gasteiger partial charge in [-0.1, -0.05) is 45.7 Å². The smallest absolute Gasteiger partial charge is 0.343 e. The molecule has 4 aromatic carbocycles. The SMILES string of the molecule is COc1cc(C=NNC(=O)c2[nH]c3ccc(N(C)C)cc3c2-c2ccccc2Cl)ccc1OC(=O)c1ccc(Br)cc1. The summed E-state index contributed by atoms with van der Waals surface area (Å²) in [5.74, 6) is -0.356. The summed E-state index contributed by atoms with van der Waals surface area (Å²) in [7, 11) is 5.39. The van der Waals surface area contributed by atoms with Gasteiger partial charge in [0.1, 0.15) is 5.69 Å². The highest BCUT2D eigenvalue weighted by atomic mass is 79.9. The van der Waals surface area contributed by atoms with Crippen LogP contribution in [0.15, 0.2) is 94.5 Å². The standard InChI is InChI=1S/C32H26BrClN4O4/c1-38(2)22-13-14-26-24(17-22)29(23-6-4-5-7-25(23)34)30(36-26)31(39)37-35-18-19-8-15-27(28(16-19)41-3)42-32(40)20-9-11-21(33)12-10-20/h4-18,36H,1-3H3,(H,37,39). The third kappa shape index (κ3) is 6.17. The Morgan fingerprint density at radius 2 is 1.74 bits per heavy atom. The minimum Gasteiger partial charge on any atom is -0.493 e. The normalized spacial score (nSPS) is 11.1. The first kappa shape index (κ1) is 28.9. The van der Waals surface area contributed by atoms with Crippen LogP contribution in [-0.4, -0.2) is 44.3 Å². The van der Waals surface area contributed by atoms with Crippen LogP contribution >= 0.6 is 27.5 Å². The lowest BCUT2D eigenvalue weighted by Gasteiger charge is -2.13. The number of anilines is 1. The van der Waals surface area contributed by atoms with Gasteiger partial charge in [0.15, 0.2) is 11.5 Å². The molecule has 0 aliphatic heterocycles. The van der Waals surface area contributed by atoms with Crippen molar-refractivity contribution in [3.63, 3.8) is 0 Å². The number of hydrazone groups is 1. The van der Waals surface area contributed by atoms with Crippen LogP contribution in [0, 0.1) is 0 Å². The van der Waals surface area contributed by atoms with E-state index in [9.17, 15) is 9.59 Å². The molecule has 5 rings (SSSR count). The molecule has 0 unspecified atom stereocenters. The highest BCUT2D eigenvalue weighted by molar-refractivity contribution is 9.10.